The molecule has 1 aromatic rings. The molecule has 3 heterocycles. The van der Waals surface area contributed by atoms with Crippen LogP contribution in [0.4, 0.5) is 10.1 Å². The van der Waals surface area contributed by atoms with E-state index in [0.717, 1.165) is 23.9 Å². The number of rotatable bonds is 3. The second-order valence-corrected chi connectivity index (χ2v) is 9.63. The summed E-state index contributed by atoms with van der Waals surface area (Å²) in [6.45, 7) is 9.58. The minimum absolute atomic E-state index is 0.132. The zero-order valence-corrected chi connectivity index (χ0v) is 17.9. The highest BCUT2D eigenvalue weighted by Gasteiger charge is 2.53. The van der Waals surface area contributed by atoms with Gasteiger partial charge in [0.1, 0.15) is 5.82 Å². The molecule has 6 nitrogen and oxygen atoms in total. The summed E-state index contributed by atoms with van der Waals surface area (Å²) < 4.78 is 39.4. The fourth-order valence-corrected chi connectivity index (χ4v) is 4.65. The SMILES string of the molecule is CN1C(C2CC2)c2cc(B3OC(C)(C)C(C)(C)O3)cc(F)c2N1C1COCCO1. The molecule has 0 radical (unpaired) electrons. The van der Waals surface area contributed by atoms with Crippen LogP contribution in [0.25, 0.3) is 0 Å². The Labute approximate surface area is 172 Å². The number of benzene rings is 1. The topological polar surface area (TPSA) is 43.4 Å². The van der Waals surface area contributed by atoms with Crippen molar-refractivity contribution in [3.63, 3.8) is 0 Å². The van der Waals surface area contributed by atoms with Gasteiger partial charge < -0.3 is 18.8 Å². The van der Waals surface area contributed by atoms with E-state index >= 15 is 4.39 Å². The first-order valence-corrected chi connectivity index (χ1v) is 10.6. The number of hydrogen-bond acceptors (Lipinski definition) is 6. The van der Waals surface area contributed by atoms with Gasteiger partial charge in [-0.05, 0) is 63.5 Å². The maximum atomic E-state index is 15.5. The van der Waals surface area contributed by atoms with Crippen LogP contribution >= 0.6 is 0 Å². The van der Waals surface area contributed by atoms with Crippen LogP contribution in [0.5, 0.6) is 0 Å². The fourth-order valence-electron chi connectivity index (χ4n) is 4.65. The van der Waals surface area contributed by atoms with Crippen molar-refractivity contribution in [3.8, 4) is 0 Å². The highest BCUT2D eigenvalue weighted by molar-refractivity contribution is 6.62. The number of anilines is 1. The first-order chi connectivity index (χ1) is 13.7. The molecule has 2 unspecified atom stereocenters. The molecule has 8 heteroatoms. The Hall–Kier alpha value is -1.19. The highest BCUT2D eigenvalue weighted by Crippen LogP contribution is 2.52. The predicted molar refractivity (Wildman–Crippen MR) is 108 cm³/mol. The average Bonchev–Trinajstić information content (AvgIpc) is 3.40. The van der Waals surface area contributed by atoms with E-state index in [4.69, 9.17) is 18.8 Å². The minimum atomic E-state index is -0.576. The maximum absolute atomic E-state index is 15.5. The second kappa shape index (κ2) is 6.66. The third kappa shape index (κ3) is 3.11. The second-order valence-electron chi connectivity index (χ2n) is 9.63. The molecule has 0 aromatic heterocycles. The van der Waals surface area contributed by atoms with Crippen LogP contribution < -0.4 is 10.5 Å². The molecule has 3 aliphatic heterocycles. The van der Waals surface area contributed by atoms with Gasteiger partial charge in [-0.1, -0.05) is 6.07 Å². The Morgan fingerprint density at radius 2 is 1.76 bits per heavy atom. The molecule has 5 rings (SSSR count). The third-order valence-electron chi connectivity index (χ3n) is 7.07. The zero-order valence-electron chi connectivity index (χ0n) is 17.9. The van der Waals surface area contributed by atoms with Crippen LogP contribution in [0.15, 0.2) is 12.1 Å². The van der Waals surface area contributed by atoms with Gasteiger partial charge in [-0.2, -0.15) is 0 Å². The maximum Gasteiger partial charge on any atom is 0.494 e. The van der Waals surface area contributed by atoms with Crippen LogP contribution in [0.3, 0.4) is 0 Å². The lowest BCUT2D eigenvalue weighted by atomic mass is 9.77. The predicted octanol–water partition coefficient (Wildman–Crippen LogP) is 2.62. The molecule has 0 N–H and O–H groups in total. The van der Waals surface area contributed by atoms with E-state index in [1.165, 1.54) is 0 Å². The molecular formula is C21H30BFN2O4. The Bertz CT molecular complexity index is 794. The lowest BCUT2D eigenvalue weighted by Crippen LogP contribution is -2.50. The van der Waals surface area contributed by atoms with Gasteiger partial charge in [-0.15, -0.1) is 0 Å². The van der Waals surface area contributed by atoms with Crippen LogP contribution in [0.1, 0.15) is 52.1 Å². The smallest absolute Gasteiger partial charge is 0.399 e. The van der Waals surface area contributed by atoms with Crippen molar-refractivity contribution in [3.05, 3.63) is 23.5 Å². The Kier molecular flexibility index (Phi) is 4.54. The van der Waals surface area contributed by atoms with Crippen molar-refractivity contribution in [2.24, 2.45) is 5.92 Å². The van der Waals surface area contributed by atoms with Gasteiger partial charge in [0.15, 0.2) is 6.23 Å². The van der Waals surface area contributed by atoms with Gasteiger partial charge >= 0.3 is 7.12 Å². The number of hydrazine groups is 1. The lowest BCUT2D eigenvalue weighted by Gasteiger charge is -2.38. The summed E-state index contributed by atoms with van der Waals surface area (Å²) in [5, 5.41) is 4.08. The van der Waals surface area contributed by atoms with E-state index in [1.54, 1.807) is 6.07 Å². The van der Waals surface area contributed by atoms with Crippen molar-refractivity contribution in [2.45, 2.75) is 64.0 Å². The summed E-state index contributed by atoms with van der Waals surface area (Å²) in [5.74, 6) is 0.262. The van der Waals surface area contributed by atoms with Gasteiger partial charge in [0, 0.05) is 7.05 Å². The number of hydrogen-bond donors (Lipinski definition) is 0. The molecule has 1 aromatic carbocycles. The van der Waals surface area contributed by atoms with Crippen LogP contribution in [0.2, 0.25) is 0 Å². The van der Waals surface area contributed by atoms with E-state index < -0.39 is 18.3 Å². The normalized spacial score (nSPS) is 31.4. The summed E-state index contributed by atoms with van der Waals surface area (Å²) in [4.78, 5) is 0. The molecule has 3 fully saturated rings. The zero-order chi connectivity index (χ0) is 20.6. The summed E-state index contributed by atoms with van der Waals surface area (Å²) in [6.07, 6.45) is 2.01. The first-order valence-electron chi connectivity index (χ1n) is 10.6. The van der Waals surface area contributed by atoms with Crippen LogP contribution in [-0.2, 0) is 18.8 Å². The van der Waals surface area contributed by atoms with Gasteiger partial charge in [-0.25, -0.2) is 9.40 Å². The average molecular weight is 404 g/mol. The molecule has 1 saturated carbocycles. The quantitative estimate of drug-likeness (QED) is 0.722. The summed E-state index contributed by atoms with van der Waals surface area (Å²) >= 11 is 0. The van der Waals surface area contributed by atoms with Crippen molar-refractivity contribution in [2.75, 3.05) is 31.9 Å². The van der Waals surface area contributed by atoms with Crippen molar-refractivity contribution < 1.29 is 23.2 Å². The fraction of sp³-hybridized carbons (Fsp3) is 0.714. The van der Waals surface area contributed by atoms with Crippen LogP contribution in [-0.4, -0.2) is 56.4 Å². The van der Waals surface area contributed by atoms with E-state index in [-0.39, 0.29) is 18.1 Å². The minimum Gasteiger partial charge on any atom is -0.399 e. The summed E-state index contributed by atoms with van der Waals surface area (Å²) in [7, 11) is 1.45. The number of halogens is 1. The lowest BCUT2D eigenvalue weighted by molar-refractivity contribution is -0.105. The molecule has 29 heavy (non-hydrogen) atoms. The molecule has 1 aliphatic carbocycles. The Balaban J connectivity index is 1.54. The van der Waals surface area contributed by atoms with E-state index in [0.29, 0.717) is 31.4 Å². The third-order valence-corrected chi connectivity index (χ3v) is 7.07. The van der Waals surface area contributed by atoms with Crippen molar-refractivity contribution in [1.29, 1.82) is 0 Å². The van der Waals surface area contributed by atoms with E-state index in [2.05, 4.69) is 11.1 Å². The monoisotopic (exact) mass is 404 g/mol. The number of fused-ring (bicyclic) bond motifs is 1. The van der Waals surface area contributed by atoms with E-state index in [9.17, 15) is 0 Å². The summed E-state index contributed by atoms with van der Waals surface area (Å²) in [6, 6.07) is 3.76. The number of ether oxygens (including phenoxy) is 2. The first kappa shape index (κ1) is 19.8. The van der Waals surface area contributed by atoms with Gasteiger partial charge in [0.2, 0.25) is 0 Å². The Morgan fingerprint density at radius 3 is 2.34 bits per heavy atom. The molecule has 0 amide bonds. The van der Waals surface area contributed by atoms with Crippen molar-refractivity contribution >= 4 is 18.3 Å². The Morgan fingerprint density at radius 1 is 1.07 bits per heavy atom. The molecule has 0 bridgehead atoms. The van der Waals surface area contributed by atoms with Crippen LogP contribution in [0, 0.1) is 11.7 Å². The standard InChI is InChI=1S/C21H30BFN2O4/c1-20(2)21(3,4)29-22(28-20)14-10-15-18(13-6-7-13)24(5)25(19(15)16(23)11-14)17-12-26-8-9-27-17/h10-11,13,17-18H,6-9,12H2,1-5H3. The molecule has 2 atom stereocenters. The molecule has 0 spiro atoms. The highest BCUT2D eigenvalue weighted by atomic mass is 19.1. The largest absolute Gasteiger partial charge is 0.494 e. The number of nitrogens with zero attached hydrogens (tertiary/aromatic N) is 2. The molecule has 2 saturated heterocycles. The molecule has 158 valence electrons. The van der Waals surface area contributed by atoms with E-state index in [1.807, 2.05) is 39.8 Å². The molecular weight excluding hydrogens is 374 g/mol. The van der Waals surface area contributed by atoms with Gasteiger partial charge in [0.05, 0.1) is 42.8 Å². The summed E-state index contributed by atoms with van der Waals surface area (Å²) in [5.41, 5.74) is 1.41. The van der Waals surface area contributed by atoms with Gasteiger partial charge in [0.25, 0.3) is 0 Å². The van der Waals surface area contributed by atoms with Crippen molar-refractivity contribution in [1.82, 2.24) is 5.01 Å². The van der Waals surface area contributed by atoms with Gasteiger partial charge in [-0.3, -0.25) is 5.01 Å². The molecule has 4 aliphatic rings.